The van der Waals surface area contributed by atoms with Crippen LogP contribution in [0.5, 0.6) is 0 Å². The van der Waals surface area contributed by atoms with Gasteiger partial charge in [0.15, 0.2) is 0 Å². The van der Waals surface area contributed by atoms with Crippen LogP contribution in [0.3, 0.4) is 0 Å². The summed E-state index contributed by atoms with van der Waals surface area (Å²) in [4.78, 5) is 16.5. The Morgan fingerprint density at radius 2 is 1.73 bits per heavy atom. The summed E-state index contributed by atoms with van der Waals surface area (Å²) in [6.07, 6.45) is 1.50. The molecule has 0 spiro atoms. The van der Waals surface area contributed by atoms with Gasteiger partial charge in [-0.25, -0.2) is 9.37 Å². The van der Waals surface area contributed by atoms with Gasteiger partial charge in [0, 0.05) is 5.69 Å². The molecule has 26 heavy (non-hydrogen) atoms. The number of para-hydroxylation sites is 1. The Labute approximate surface area is 156 Å². The minimum Gasteiger partial charge on any atom is -0.340 e. The van der Waals surface area contributed by atoms with Gasteiger partial charge < -0.3 is 10.6 Å². The molecule has 2 N–H and O–H groups in total. The topological polar surface area (TPSA) is 54.0 Å². The lowest BCUT2D eigenvalue weighted by atomic mass is 10.1. The number of hydrogen-bond donors (Lipinski definition) is 2. The third-order valence-electron chi connectivity index (χ3n) is 3.95. The highest BCUT2D eigenvalue weighted by molar-refractivity contribution is 6.34. The number of anilines is 3. The SMILES string of the molecule is Cc1cccc(C)c1Nc1ccc(NC(=O)c2c(F)cccc2Cl)cn1. The van der Waals surface area contributed by atoms with Crippen molar-refractivity contribution in [2.45, 2.75) is 13.8 Å². The number of halogens is 2. The van der Waals surface area contributed by atoms with Crippen LogP contribution in [-0.2, 0) is 0 Å². The third kappa shape index (κ3) is 3.83. The first-order valence-corrected chi connectivity index (χ1v) is 8.38. The molecule has 3 rings (SSSR count). The second kappa shape index (κ2) is 7.54. The Morgan fingerprint density at radius 1 is 1.04 bits per heavy atom. The molecule has 132 valence electrons. The number of rotatable bonds is 4. The molecule has 0 saturated heterocycles. The van der Waals surface area contributed by atoms with Crippen molar-refractivity contribution in [1.29, 1.82) is 0 Å². The molecule has 1 heterocycles. The third-order valence-corrected chi connectivity index (χ3v) is 4.26. The summed E-state index contributed by atoms with van der Waals surface area (Å²) in [5, 5.41) is 5.93. The Morgan fingerprint density at radius 3 is 2.35 bits per heavy atom. The smallest absolute Gasteiger partial charge is 0.260 e. The van der Waals surface area contributed by atoms with E-state index in [0.29, 0.717) is 11.5 Å². The number of pyridine rings is 1. The molecule has 6 heteroatoms. The average Bonchev–Trinajstić information content (AvgIpc) is 2.59. The lowest BCUT2D eigenvalue weighted by Crippen LogP contribution is -2.14. The predicted molar refractivity (Wildman–Crippen MR) is 103 cm³/mol. The van der Waals surface area contributed by atoms with Gasteiger partial charge in [-0.15, -0.1) is 0 Å². The van der Waals surface area contributed by atoms with E-state index in [1.54, 1.807) is 12.1 Å². The van der Waals surface area contributed by atoms with Crippen molar-refractivity contribution in [3.8, 4) is 0 Å². The summed E-state index contributed by atoms with van der Waals surface area (Å²) in [6, 6.07) is 13.6. The number of nitrogens with one attached hydrogen (secondary N) is 2. The van der Waals surface area contributed by atoms with E-state index in [0.717, 1.165) is 16.8 Å². The van der Waals surface area contributed by atoms with Gasteiger partial charge in [0.05, 0.1) is 22.5 Å². The van der Waals surface area contributed by atoms with Crippen LogP contribution in [0.2, 0.25) is 5.02 Å². The Balaban J connectivity index is 1.75. The minimum atomic E-state index is -0.670. The summed E-state index contributed by atoms with van der Waals surface area (Å²) in [7, 11) is 0. The summed E-state index contributed by atoms with van der Waals surface area (Å²) in [6.45, 7) is 4.03. The number of amides is 1. The van der Waals surface area contributed by atoms with E-state index in [1.165, 1.54) is 24.4 Å². The number of hydrogen-bond acceptors (Lipinski definition) is 3. The number of aromatic nitrogens is 1. The molecule has 0 radical (unpaired) electrons. The van der Waals surface area contributed by atoms with Crippen molar-refractivity contribution in [3.05, 3.63) is 82.3 Å². The summed E-state index contributed by atoms with van der Waals surface area (Å²) < 4.78 is 13.8. The maximum absolute atomic E-state index is 13.8. The predicted octanol–water partition coefficient (Wildman–Crippen LogP) is 5.49. The van der Waals surface area contributed by atoms with Gasteiger partial charge in [-0.3, -0.25) is 4.79 Å². The maximum atomic E-state index is 13.8. The van der Waals surface area contributed by atoms with Crippen molar-refractivity contribution in [3.63, 3.8) is 0 Å². The number of carbonyl (C=O) groups excluding carboxylic acids is 1. The molecule has 1 amide bonds. The van der Waals surface area contributed by atoms with Gasteiger partial charge in [0.25, 0.3) is 5.91 Å². The fourth-order valence-electron chi connectivity index (χ4n) is 2.59. The van der Waals surface area contributed by atoms with E-state index in [1.807, 2.05) is 32.0 Å². The molecule has 0 aliphatic rings. The van der Waals surface area contributed by atoms with Crippen molar-refractivity contribution >= 4 is 34.7 Å². The lowest BCUT2D eigenvalue weighted by Gasteiger charge is -2.12. The van der Waals surface area contributed by atoms with Crippen LogP contribution in [-0.4, -0.2) is 10.9 Å². The Hall–Kier alpha value is -2.92. The van der Waals surface area contributed by atoms with Crippen LogP contribution < -0.4 is 10.6 Å². The van der Waals surface area contributed by atoms with Gasteiger partial charge in [-0.05, 0) is 49.2 Å². The molecule has 0 atom stereocenters. The molecule has 4 nitrogen and oxygen atoms in total. The van der Waals surface area contributed by atoms with Crippen molar-refractivity contribution in [2.24, 2.45) is 0 Å². The molecule has 1 aromatic heterocycles. The first-order chi connectivity index (χ1) is 12.5. The zero-order valence-electron chi connectivity index (χ0n) is 14.3. The van der Waals surface area contributed by atoms with Crippen molar-refractivity contribution in [1.82, 2.24) is 4.98 Å². The van der Waals surface area contributed by atoms with Crippen LogP contribution in [0, 0.1) is 19.7 Å². The van der Waals surface area contributed by atoms with Gasteiger partial charge in [-0.2, -0.15) is 0 Å². The average molecular weight is 370 g/mol. The number of nitrogens with zero attached hydrogens (tertiary/aromatic N) is 1. The Bertz CT molecular complexity index is 917. The zero-order chi connectivity index (χ0) is 18.7. The van der Waals surface area contributed by atoms with Gasteiger partial charge in [-0.1, -0.05) is 35.9 Å². The van der Waals surface area contributed by atoms with Crippen molar-refractivity contribution in [2.75, 3.05) is 10.6 Å². The van der Waals surface area contributed by atoms with Crippen LogP contribution >= 0.6 is 11.6 Å². The van der Waals surface area contributed by atoms with Gasteiger partial charge in [0.1, 0.15) is 11.6 Å². The molecule has 0 aliphatic carbocycles. The van der Waals surface area contributed by atoms with Gasteiger partial charge in [0.2, 0.25) is 0 Å². The van der Waals surface area contributed by atoms with E-state index in [9.17, 15) is 9.18 Å². The second-order valence-electron chi connectivity index (χ2n) is 5.87. The quantitative estimate of drug-likeness (QED) is 0.639. The van der Waals surface area contributed by atoms with Crippen molar-refractivity contribution < 1.29 is 9.18 Å². The van der Waals surface area contributed by atoms with E-state index in [4.69, 9.17) is 11.6 Å². The second-order valence-corrected chi connectivity index (χ2v) is 6.28. The molecule has 0 bridgehead atoms. The molecule has 0 saturated carbocycles. The van der Waals surface area contributed by atoms with E-state index < -0.39 is 11.7 Å². The fourth-order valence-corrected chi connectivity index (χ4v) is 2.84. The molecule has 3 aromatic rings. The zero-order valence-corrected chi connectivity index (χ0v) is 15.1. The molecule has 0 aliphatic heterocycles. The molecule has 0 unspecified atom stereocenters. The summed E-state index contributed by atoms with van der Waals surface area (Å²) in [5.41, 5.74) is 3.47. The van der Waals surface area contributed by atoms with E-state index >= 15 is 0 Å². The first kappa shape index (κ1) is 17.9. The number of aryl methyl sites for hydroxylation is 2. The monoisotopic (exact) mass is 369 g/mol. The highest BCUT2D eigenvalue weighted by Crippen LogP contribution is 2.24. The normalized spacial score (nSPS) is 10.5. The Kier molecular flexibility index (Phi) is 5.19. The highest BCUT2D eigenvalue weighted by atomic mass is 35.5. The van der Waals surface area contributed by atoms with Gasteiger partial charge >= 0.3 is 0 Å². The maximum Gasteiger partial charge on any atom is 0.260 e. The summed E-state index contributed by atoms with van der Waals surface area (Å²) >= 11 is 5.91. The minimum absolute atomic E-state index is 0.0591. The molecule has 0 fully saturated rings. The number of carbonyl (C=O) groups is 1. The van der Waals surface area contributed by atoms with Crippen LogP contribution in [0.4, 0.5) is 21.6 Å². The van der Waals surface area contributed by atoms with E-state index in [2.05, 4.69) is 15.6 Å². The molecular formula is C20H17ClFN3O. The largest absolute Gasteiger partial charge is 0.340 e. The first-order valence-electron chi connectivity index (χ1n) is 8.00. The molecular weight excluding hydrogens is 353 g/mol. The highest BCUT2D eigenvalue weighted by Gasteiger charge is 2.16. The number of benzene rings is 2. The fraction of sp³-hybridized carbons (Fsp3) is 0.100. The van der Waals surface area contributed by atoms with Crippen LogP contribution in [0.1, 0.15) is 21.5 Å². The van der Waals surface area contributed by atoms with Crippen LogP contribution in [0.25, 0.3) is 0 Å². The van der Waals surface area contributed by atoms with Crippen LogP contribution in [0.15, 0.2) is 54.7 Å². The van der Waals surface area contributed by atoms with E-state index in [-0.39, 0.29) is 10.6 Å². The standard InChI is InChI=1S/C20H17ClFN3O/c1-12-5-3-6-13(2)19(12)25-17-10-9-14(11-23-17)24-20(26)18-15(21)7-4-8-16(18)22/h3-11H,1-2H3,(H,23,25)(H,24,26). The summed E-state index contributed by atoms with van der Waals surface area (Å²) in [5.74, 6) is -0.647. The lowest BCUT2D eigenvalue weighted by molar-refractivity contribution is 0.102. The molecule has 2 aromatic carbocycles.